The lowest BCUT2D eigenvalue weighted by Gasteiger charge is -2.12. The number of rotatable bonds is 6. The second-order valence-electron chi connectivity index (χ2n) is 5.42. The van der Waals surface area contributed by atoms with Crippen LogP contribution in [0, 0.1) is 5.82 Å². The van der Waals surface area contributed by atoms with E-state index >= 15 is 0 Å². The summed E-state index contributed by atoms with van der Waals surface area (Å²) in [6, 6.07) is 8.40. The van der Waals surface area contributed by atoms with E-state index in [0.29, 0.717) is 0 Å². The molecule has 1 atom stereocenters. The zero-order valence-corrected chi connectivity index (χ0v) is 15.9. The fourth-order valence-electron chi connectivity index (χ4n) is 2.02. The molecule has 0 fully saturated rings. The summed E-state index contributed by atoms with van der Waals surface area (Å²) in [5, 5.41) is 2.04. The van der Waals surface area contributed by atoms with Crippen molar-refractivity contribution in [2.75, 3.05) is 11.8 Å². The normalized spacial score (nSPS) is 12.1. The molecule has 0 spiro atoms. The van der Waals surface area contributed by atoms with Crippen LogP contribution >= 0.6 is 11.6 Å². The molecule has 0 bridgehead atoms. The van der Waals surface area contributed by atoms with Crippen LogP contribution in [0.15, 0.2) is 47.4 Å². The highest BCUT2D eigenvalue weighted by Gasteiger charge is 2.19. The quantitative estimate of drug-likeness (QED) is 0.707. The van der Waals surface area contributed by atoms with Gasteiger partial charge in [-0.2, -0.15) is 0 Å². The first-order valence-electron chi connectivity index (χ1n) is 7.64. The van der Waals surface area contributed by atoms with Crippen LogP contribution in [-0.4, -0.2) is 33.4 Å². The van der Waals surface area contributed by atoms with Crippen molar-refractivity contribution in [3.8, 4) is 0 Å². The highest BCUT2D eigenvalue weighted by molar-refractivity contribution is 7.92. The lowest BCUT2D eigenvalue weighted by Crippen LogP contribution is -2.33. The van der Waals surface area contributed by atoms with E-state index in [1.54, 1.807) is 0 Å². The molecule has 2 N–H and O–H groups in total. The third kappa shape index (κ3) is 5.18. The number of benzene rings is 2. The Balaban J connectivity index is 2.11. The maximum Gasteiger partial charge on any atom is 0.338 e. The summed E-state index contributed by atoms with van der Waals surface area (Å²) < 4.78 is 45.1. The van der Waals surface area contributed by atoms with Crippen LogP contribution in [0.25, 0.3) is 0 Å². The molecule has 0 aliphatic heterocycles. The molecular formula is C17H16ClFN2O5S. The predicted molar refractivity (Wildman–Crippen MR) is 97.6 cm³/mol. The van der Waals surface area contributed by atoms with E-state index in [0.717, 1.165) is 18.2 Å². The number of hydrogen-bond donors (Lipinski definition) is 2. The predicted octanol–water partition coefficient (Wildman–Crippen LogP) is 2.57. The van der Waals surface area contributed by atoms with Gasteiger partial charge in [-0.25, -0.2) is 17.6 Å². The summed E-state index contributed by atoms with van der Waals surface area (Å²) in [4.78, 5) is 23.1. The van der Waals surface area contributed by atoms with Gasteiger partial charge >= 0.3 is 5.97 Å². The van der Waals surface area contributed by atoms with Gasteiger partial charge in [0, 0.05) is 12.7 Å². The fraction of sp³-hybridized carbons (Fsp3) is 0.176. The van der Waals surface area contributed by atoms with Crippen molar-refractivity contribution in [2.45, 2.75) is 17.9 Å². The van der Waals surface area contributed by atoms with Crippen LogP contribution in [0.5, 0.6) is 0 Å². The number of carbonyl (C=O) groups is 2. The van der Waals surface area contributed by atoms with Crippen LogP contribution in [-0.2, 0) is 19.6 Å². The van der Waals surface area contributed by atoms with Gasteiger partial charge in [-0.1, -0.05) is 11.6 Å². The van der Waals surface area contributed by atoms with Gasteiger partial charge < -0.3 is 10.1 Å². The molecule has 0 heterocycles. The van der Waals surface area contributed by atoms with E-state index in [-0.39, 0.29) is 21.2 Å². The highest BCUT2D eigenvalue weighted by Crippen LogP contribution is 2.22. The minimum Gasteiger partial charge on any atom is -0.449 e. The molecule has 0 saturated carbocycles. The third-order valence-corrected chi connectivity index (χ3v) is 5.14. The molecule has 0 aliphatic rings. The third-order valence-electron chi connectivity index (χ3n) is 3.47. The molecule has 2 aromatic carbocycles. The van der Waals surface area contributed by atoms with Gasteiger partial charge in [0.25, 0.3) is 15.9 Å². The summed E-state index contributed by atoms with van der Waals surface area (Å²) in [7, 11) is -2.57. The highest BCUT2D eigenvalue weighted by atomic mass is 35.5. The van der Waals surface area contributed by atoms with Gasteiger partial charge in [-0.15, -0.1) is 0 Å². The zero-order valence-electron chi connectivity index (χ0n) is 14.3. The lowest BCUT2D eigenvalue weighted by molar-refractivity contribution is -0.128. The van der Waals surface area contributed by atoms with Crippen molar-refractivity contribution >= 4 is 39.2 Å². The molecule has 144 valence electrons. The van der Waals surface area contributed by atoms with Gasteiger partial charge in [0.2, 0.25) is 0 Å². The number of likely N-dealkylation sites (N-methyl/N-ethyl adjacent to an activating group) is 1. The SMILES string of the molecule is CNC(=O)[C@@H](C)OC(=O)c1ccc(NS(=O)(=O)c2ccc(F)c(Cl)c2)cc1. The van der Waals surface area contributed by atoms with Crippen molar-refractivity contribution in [3.63, 3.8) is 0 Å². The number of esters is 1. The maximum absolute atomic E-state index is 13.2. The Morgan fingerprint density at radius 1 is 1.15 bits per heavy atom. The van der Waals surface area contributed by atoms with Crippen LogP contribution in [0.1, 0.15) is 17.3 Å². The lowest BCUT2D eigenvalue weighted by atomic mass is 10.2. The van der Waals surface area contributed by atoms with Crippen LogP contribution in [0.3, 0.4) is 0 Å². The fourth-order valence-corrected chi connectivity index (χ4v) is 3.35. The number of amides is 1. The Morgan fingerprint density at radius 3 is 2.33 bits per heavy atom. The Hall–Kier alpha value is -2.65. The van der Waals surface area contributed by atoms with Gasteiger partial charge in [0.05, 0.1) is 15.5 Å². The van der Waals surface area contributed by atoms with Crippen molar-refractivity contribution in [1.29, 1.82) is 0 Å². The Labute approximate surface area is 160 Å². The first-order valence-corrected chi connectivity index (χ1v) is 9.50. The Bertz CT molecular complexity index is 964. The summed E-state index contributed by atoms with van der Waals surface area (Å²) in [6.07, 6.45) is -0.969. The van der Waals surface area contributed by atoms with Crippen LogP contribution in [0.4, 0.5) is 10.1 Å². The van der Waals surface area contributed by atoms with Crippen molar-refractivity contribution in [3.05, 3.63) is 58.9 Å². The topological polar surface area (TPSA) is 102 Å². The van der Waals surface area contributed by atoms with Gasteiger partial charge in [0.1, 0.15) is 5.82 Å². The molecule has 27 heavy (non-hydrogen) atoms. The number of sulfonamides is 1. The molecular weight excluding hydrogens is 399 g/mol. The smallest absolute Gasteiger partial charge is 0.338 e. The zero-order chi connectivity index (χ0) is 20.2. The average Bonchev–Trinajstić information content (AvgIpc) is 2.63. The molecule has 2 aromatic rings. The summed E-state index contributed by atoms with van der Waals surface area (Å²) in [6.45, 7) is 1.42. The molecule has 7 nitrogen and oxygen atoms in total. The average molecular weight is 415 g/mol. The summed E-state index contributed by atoms with van der Waals surface area (Å²) in [5.74, 6) is -1.92. The first-order chi connectivity index (χ1) is 12.6. The van der Waals surface area contributed by atoms with Gasteiger partial charge in [-0.05, 0) is 49.4 Å². The van der Waals surface area contributed by atoms with E-state index in [1.807, 2.05) is 0 Å². The number of carbonyl (C=O) groups excluding carboxylic acids is 2. The first kappa shape index (κ1) is 20.7. The van der Waals surface area contributed by atoms with Crippen LogP contribution < -0.4 is 10.0 Å². The number of hydrogen-bond acceptors (Lipinski definition) is 5. The standard InChI is InChI=1S/C17H16ClFN2O5S/c1-10(16(22)20-2)26-17(23)11-3-5-12(6-4-11)21-27(24,25)13-7-8-15(19)14(18)9-13/h3-10,21H,1-2H3,(H,20,22)/t10-/m1/s1. The van der Waals surface area contributed by atoms with Crippen LogP contribution in [0.2, 0.25) is 5.02 Å². The molecule has 0 unspecified atom stereocenters. The second-order valence-corrected chi connectivity index (χ2v) is 7.51. The minimum atomic E-state index is -3.99. The summed E-state index contributed by atoms with van der Waals surface area (Å²) >= 11 is 5.61. The number of halogens is 2. The number of ether oxygens (including phenoxy) is 1. The largest absolute Gasteiger partial charge is 0.449 e. The molecule has 2 rings (SSSR count). The molecule has 0 radical (unpaired) electrons. The van der Waals surface area contributed by atoms with E-state index in [1.165, 1.54) is 38.2 Å². The van der Waals surface area contributed by atoms with Gasteiger partial charge in [-0.3, -0.25) is 9.52 Å². The maximum atomic E-state index is 13.2. The molecule has 0 aromatic heterocycles. The van der Waals surface area contributed by atoms with Gasteiger partial charge in [0.15, 0.2) is 6.10 Å². The van der Waals surface area contributed by atoms with Crippen molar-refractivity contribution < 1.29 is 27.1 Å². The van der Waals surface area contributed by atoms with E-state index in [4.69, 9.17) is 16.3 Å². The molecule has 1 amide bonds. The molecule has 0 saturated heterocycles. The summed E-state index contributed by atoms with van der Waals surface area (Å²) in [5.41, 5.74) is 0.310. The van der Waals surface area contributed by atoms with E-state index in [2.05, 4.69) is 10.0 Å². The number of nitrogens with one attached hydrogen (secondary N) is 2. The second kappa shape index (κ2) is 8.36. The van der Waals surface area contributed by atoms with Crippen molar-refractivity contribution in [1.82, 2.24) is 5.32 Å². The van der Waals surface area contributed by atoms with E-state index < -0.39 is 33.8 Å². The molecule has 0 aliphatic carbocycles. The minimum absolute atomic E-state index is 0.138. The monoisotopic (exact) mass is 414 g/mol. The Morgan fingerprint density at radius 2 is 1.78 bits per heavy atom. The van der Waals surface area contributed by atoms with Crippen molar-refractivity contribution in [2.24, 2.45) is 0 Å². The van der Waals surface area contributed by atoms with E-state index in [9.17, 15) is 22.4 Å². The molecule has 10 heteroatoms. The Kier molecular flexibility index (Phi) is 6.40. The number of anilines is 1.